The van der Waals surface area contributed by atoms with Gasteiger partial charge >= 0.3 is 0 Å². The highest BCUT2D eigenvalue weighted by Crippen LogP contribution is 2.25. The van der Waals surface area contributed by atoms with Crippen LogP contribution in [0.25, 0.3) is 0 Å². The van der Waals surface area contributed by atoms with E-state index in [0.717, 1.165) is 31.5 Å². The maximum atomic E-state index is 12.3. The van der Waals surface area contributed by atoms with Gasteiger partial charge in [-0.05, 0) is 38.3 Å². The molecule has 0 unspecified atom stereocenters. The van der Waals surface area contributed by atoms with Crippen LogP contribution in [0.4, 0.5) is 17.5 Å². The van der Waals surface area contributed by atoms with E-state index >= 15 is 0 Å². The molecule has 0 bridgehead atoms. The minimum atomic E-state index is -0.243. The van der Waals surface area contributed by atoms with E-state index in [4.69, 9.17) is 4.74 Å². The van der Waals surface area contributed by atoms with Gasteiger partial charge in [0.05, 0.1) is 6.20 Å². The van der Waals surface area contributed by atoms with E-state index in [1.165, 1.54) is 6.42 Å². The zero-order valence-electron chi connectivity index (χ0n) is 16.2. The second-order valence-corrected chi connectivity index (χ2v) is 7.00. The highest BCUT2D eigenvalue weighted by Gasteiger charge is 2.17. The van der Waals surface area contributed by atoms with E-state index in [1.807, 2.05) is 50.2 Å². The van der Waals surface area contributed by atoms with Crippen molar-refractivity contribution >= 4 is 23.4 Å². The normalized spacial score (nSPS) is 14.0. The largest absolute Gasteiger partial charge is 0.484 e. The molecule has 3 rings (SSSR count). The SMILES string of the molecule is Cc1ccc(OCC(=O)Nc2cnc(N3CCCCC3)nc2N(C)C)cc1. The number of hydrogen-bond acceptors (Lipinski definition) is 6. The van der Waals surface area contributed by atoms with Gasteiger partial charge < -0.3 is 19.9 Å². The molecule has 1 aromatic carbocycles. The molecule has 2 aromatic rings. The van der Waals surface area contributed by atoms with Gasteiger partial charge in [-0.15, -0.1) is 0 Å². The zero-order chi connectivity index (χ0) is 19.2. The number of aromatic nitrogens is 2. The third-order valence-corrected chi connectivity index (χ3v) is 4.48. The number of anilines is 3. The fourth-order valence-electron chi connectivity index (χ4n) is 3.01. The molecule has 1 amide bonds. The van der Waals surface area contributed by atoms with Crippen LogP contribution in [0.15, 0.2) is 30.5 Å². The molecule has 1 saturated heterocycles. The summed E-state index contributed by atoms with van der Waals surface area (Å²) in [7, 11) is 3.81. The molecule has 1 aliphatic rings. The van der Waals surface area contributed by atoms with Gasteiger partial charge in [-0.2, -0.15) is 4.98 Å². The van der Waals surface area contributed by atoms with Crippen LogP contribution in [0.1, 0.15) is 24.8 Å². The first-order chi connectivity index (χ1) is 13.0. The standard InChI is InChI=1S/C20H27N5O2/c1-15-7-9-16(10-8-15)27-14-18(26)22-17-13-21-20(23-19(17)24(2)3)25-11-5-4-6-12-25/h7-10,13H,4-6,11-12,14H2,1-3H3,(H,22,26). The lowest BCUT2D eigenvalue weighted by atomic mass is 10.1. The molecule has 2 heterocycles. The average molecular weight is 369 g/mol. The Bertz CT molecular complexity index is 770. The van der Waals surface area contributed by atoms with E-state index < -0.39 is 0 Å². The van der Waals surface area contributed by atoms with Crippen LogP contribution in [0.3, 0.4) is 0 Å². The third kappa shape index (κ3) is 5.09. The van der Waals surface area contributed by atoms with Gasteiger partial charge in [0.15, 0.2) is 12.4 Å². The van der Waals surface area contributed by atoms with Crippen LogP contribution < -0.4 is 19.9 Å². The summed E-state index contributed by atoms with van der Waals surface area (Å²) in [5.41, 5.74) is 1.73. The number of ether oxygens (including phenoxy) is 1. The quantitative estimate of drug-likeness (QED) is 0.844. The molecule has 144 valence electrons. The number of nitrogens with one attached hydrogen (secondary N) is 1. The molecule has 0 radical (unpaired) electrons. The fourth-order valence-corrected chi connectivity index (χ4v) is 3.01. The van der Waals surface area contributed by atoms with Gasteiger partial charge in [0.1, 0.15) is 11.4 Å². The van der Waals surface area contributed by atoms with Crippen molar-refractivity contribution in [2.45, 2.75) is 26.2 Å². The van der Waals surface area contributed by atoms with E-state index in [-0.39, 0.29) is 12.5 Å². The van der Waals surface area contributed by atoms with Crippen LogP contribution in [-0.2, 0) is 4.79 Å². The molecule has 1 aromatic heterocycles. The number of rotatable bonds is 6. The summed E-state index contributed by atoms with van der Waals surface area (Å²) in [5.74, 6) is 1.83. The van der Waals surface area contributed by atoms with Crippen molar-refractivity contribution in [3.8, 4) is 5.75 Å². The molecule has 7 nitrogen and oxygen atoms in total. The lowest BCUT2D eigenvalue weighted by molar-refractivity contribution is -0.118. The third-order valence-electron chi connectivity index (χ3n) is 4.48. The minimum Gasteiger partial charge on any atom is -0.484 e. The zero-order valence-corrected chi connectivity index (χ0v) is 16.2. The van der Waals surface area contributed by atoms with Crippen LogP contribution in [0.5, 0.6) is 5.75 Å². The molecular formula is C20H27N5O2. The van der Waals surface area contributed by atoms with Crippen molar-refractivity contribution in [3.05, 3.63) is 36.0 Å². The fraction of sp³-hybridized carbons (Fsp3) is 0.450. The van der Waals surface area contributed by atoms with Gasteiger partial charge in [0.2, 0.25) is 5.95 Å². The Kier molecular flexibility index (Phi) is 6.11. The van der Waals surface area contributed by atoms with E-state index in [2.05, 4.69) is 20.2 Å². The van der Waals surface area contributed by atoms with Gasteiger partial charge in [0.25, 0.3) is 5.91 Å². The van der Waals surface area contributed by atoms with Crippen LogP contribution in [-0.4, -0.2) is 49.7 Å². The lowest BCUT2D eigenvalue weighted by Gasteiger charge is -2.28. The maximum absolute atomic E-state index is 12.3. The topological polar surface area (TPSA) is 70.6 Å². The first-order valence-electron chi connectivity index (χ1n) is 9.31. The average Bonchev–Trinajstić information content (AvgIpc) is 2.68. The first kappa shape index (κ1) is 18.9. The summed E-state index contributed by atoms with van der Waals surface area (Å²) in [6, 6.07) is 7.60. The summed E-state index contributed by atoms with van der Waals surface area (Å²) in [5, 5.41) is 2.85. The monoisotopic (exact) mass is 369 g/mol. The molecule has 1 fully saturated rings. The van der Waals surface area contributed by atoms with Crippen molar-refractivity contribution in [1.82, 2.24) is 9.97 Å². The van der Waals surface area contributed by atoms with Crippen molar-refractivity contribution < 1.29 is 9.53 Å². The van der Waals surface area contributed by atoms with Gasteiger partial charge in [0, 0.05) is 27.2 Å². The Morgan fingerprint density at radius 3 is 2.56 bits per heavy atom. The Balaban J connectivity index is 1.65. The molecular weight excluding hydrogens is 342 g/mol. The number of amides is 1. The Labute approximate surface area is 160 Å². The maximum Gasteiger partial charge on any atom is 0.262 e. The molecule has 0 saturated carbocycles. The molecule has 0 spiro atoms. The predicted octanol–water partition coefficient (Wildman–Crippen LogP) is 2.86. The number of carbonyl (C=O) groups excluding carboxylic acids is 1. The number of aryl methyl sites for hydroxylation is 1. The summed E-state index contributed by atoms with van der Waals surface area (Å²) >= 11 is 0. The van der Waals surface area contributed by atoms with E-state index in [1.54, 1.807) is 6.20 Å². The summed E-state index contributed by atoms with van der Waals surface area (Å²) in [6.07, 6.45) is 5.26. The second-order valence-electron chi connectivity index (χ2n) is 7.00. The number of nitrogens with zero attached hydrogens (tertiary/aromatic N) is 4. The second kappa shape index (κ2) is 8.70. The van der Waals surface area contributed by atoms with Crippen LogP contribution in [0, 0.1) is 6.92 Å². The van der Waals surface area contributed by atoms with Crippen molar-refractivity contribution in [3.63, 3.8) is 0 Å². The smallest absolute Gasteiger partial charge is 0.262 e. The summed E-state index contributed by atoms with van der Waals surface area (Å²) in [6.45, 7) is 3.89. The Morgan fingerprint density at radius 2 is 1.89 bits per heavy atom. The predicted molar refractivity (Wildman–Crippen MR) is 108 cm³/mol. The highest BCUT2D eigenvalue weighted by molar-refractivity contribution is 5.94. The van der Waals surface area contributed by atoms with E-state index in [0.29, 0.717) is 23.2 Å². The molecule has 7 heteroatoms. The summed E-state index contributed by atoms with van der Waals surface area (Å²) < 4.78 is 5.54. The van der Waals surface area contributed by atoms with Gasteiger partial charge in [-0.25, -0.2) is 4.98 Å². The number of hydrogen-bond donors (Lipinski definition) is 1. The van der Waals surface area contributed by atoms with Crippen molar-refractivity contribution in [2.24, 2.45) is 0 Å². The molecule has 1 N–H and O–H groups in total. The van der Waals surface area contributed by atoms with Crippen LogP contribution in [0.2, 0.25) is 0 Å². The number of benzene rings is 1. The lowest BCUT2D eigenvalue weighted by Crippen LogP contribution is -2.31. The Hall–Kier alpha value is -2.83. The van der Waals surface area contributed by atoms with E-state index in [9.17, 15) is 4.79 Å². The first-order valence-corrected chi connectivity index (χ1v) is 9.31. The highest BCUT2D eigenvalue weighted by atomic mass is 16.5. The van der Waals surface area contributed by atoms with Crippen molar-refractivity contribution in [2.75, 3.05) is 48.9 Å². The molecule has 1 aliphatic heterocycles. The molecule has 0 atom stereocenters. The number of piperidine rings is 1. The molecule has 27 heavy (non-hydrogen) atoms. The van der Waals surface area contributed by atoms with Crippen LogP contribution >= 0.6 is 0 Å². The van der Waals surface area contributed by atoms with Crippen molar-refractivity contribution in [1.29, 1.82) is 0 Å². The number of carbonyl (C=O) groups is 1. The molecule has 0 aliphatic carbocycles. The Morgan fingerprint density at radius 1 is 1.19 bits per heavy atom. The van der Waals surface area contributed by atoms with Gasteiger partial charge in [-0.3, -0.25) is 4.79 Å². The van der Waals surface area contributed by atoms with Gasteiger partial charge in [-0.1, -0.05) is 17.7 Å². The minimum absolute atomic E-state index is 0.0657. The summed E-state index contributed by atoms with van der Waals surface area (Å²) in [4.78, 5) is 25.5.